The van der Waals surface area contributed by atoms with Crippen molar-refractivity contribution in [3.05, 3.63) is 41.3 Å². The summed E-state index contributed by atoms with van der Waals surface area (Å²) in [5, 5.41) is 3.92. The highest BCUT2D eigenvalue weighted by atomic mass is 16.5. The first kappa shape index (κ1) is 15.4. The molecule has 0 saturated carbocycles. The molecule has 1 heterocycles. The number of nitrogens with zero attached hydrogens (tertiary/aromatic N) is 1. The van der Waals surface area contributed by atoms with Gasteiger partial charge >= 0.3 is 0 Å². The third-order valence-electron chi connectivity index (χ3n) is 3.33. The number of aryl methyl sites for hydroxylation is 1. The molecule has 0 aliphatic carbocycles. The lowest BCUT2D eigenvalue weighted by atomic mass is 10.0. The molecule has 5 heteroatoms. The van der Waals surface area contributed by atoms with E-state index in [1.54, 1.807) is 7.11 Å². The van der Waals surface area contributed by atoms with Crippen LogP contribution in [-0.4, -0.2) is 18.3 Å². The molecule has 2 aromatic rings. The molecule has 0 aliphatic rings. The van der Waals surface area contributed by atoms with Gasteiger partial charge in [-0.25, -0.2) is 0 Å². The fourth-order valence-corrected chi connectivity index (χ4v) is 2.03. The number of benzene rings is 1. The summed E-state index contributed by atoms with van der Waals surface area (Å²) in [7, 11) is 1.64. The summed E-state index contributed by atoms with van der Waals surface area (Å²) in [4.78, 5) is 0. The first-order valence-electron chi connectivity index (χ1n) is 7.09. The van der Waals surface area contributed by atoms with E-state index in [4.69, 9.17) is 19.7 Å². The monoisotopic (exact) mass is 290 g/mol. The predicted molar refractivity (Wildman–Crippen MR) is 80.5 cm³/mol. The largest absolute Gasteiger partial charge is 0.497 e. The Morgan fingerprint density at radius 3 is 2.76 bits per heavy atom. The van der Waals surface area contributed by atoms with Crippen molar-refractivity contribution in [1.82, 2.24) is 5.16 Å². The first-order valence-corrected chi connectivity index (χ1v) is 7.09. The van der Waals surface area contributed by atoms with Gasteiger partial charge in [-0.05, 0) is 31.4 Å². The Labute approximate surface area is 125 Å². The zero-order valence-corrected chi connectivity index (χ0v) is 12.8. The number of hydrogen-bond acceptors (Lipinski definition) is 5. The second-order valence-corrected chi connectivity index (χ2v) is 5.06. The smallest absolute Gasteiger partial charge is 0.134 e. The summed E-state index contributed by atoms with van der Waals surface area (Å²) >= 11 is 0. The summed E-state index contributed by atoms with van der Waals surface area (Å²) in [6.07, 6.45) is 1.70. The molecule has 5 nitrogen and oxygen atoms in total. The normalized spacial score (nSPS) is 12.2. The molecule has 1 atom stereocenters. The highest BCUT2D eigenvalue weighted by molar-refractivity contribution is 5.41. The van der Waals surface area contributed by atoms with Crippen molar-refractivity contribution >= 4 is 0 Å². The average molecular weight is 290 g/mol. The van der Waals surface area contributed by atoms with Crippen molar-refractivity contribution < 1.29 is 14.0 Å². The van der Waals surface area contributed by atoms with E-state index in [-0.39, 0.29) is 6.04 Å². The molecular formula is C16H22N2O3. The van der Waals surface area contributed by atoms with Crippen LogP contribution in [0.4, 0.5) is 0 Å². The van der Waals surface area contributed by atoms with E-state index < -0.39 is 0 Å². The van der Waals surface area contributed by atoms with Gasteiger partial charge in [-0.1, -0.05) is 18.1 Å². The number of aromatic nitrogens is 1. The van der Waals surface area contributed by atoms with Crippen LogP contribution in [0.25, 0.3) is 0 Å². The Bertz CT molecular complexity index is 581. The maximum absolute atomic E-state index is 6.04. The maximum atomic E-state index is 6.04. The quantitative estimate of drug-likeness (QED) is 0.849. The number of hydrogen-bond donors (Lipinski definition) is 1. The van der Waals surface area contributed by atoms with E-state index in [2.05, 4.69) is 12.1 Å². The number of methoxy groups -OCH3 is 1. The van der Waals surface area contributed by atoms with Gasteiger partial charge in [0, 0.05) is 18.2 Å². The van der Waals surface area contributed by atoms with Gasteiger partial charge in [0.05, 0.1) is 7.11 Å². The Morgan fingerprint density at radius 1 is 1.33 bits per heavy atom. The lowest BCUT2D eigenvalue weighted by Crippen LogP contribution is -2.21. The molecule has 2 rings (SSSR count). The third kappa shape index (κ3) is 4.23. The summed E-state index contributed by atoms with van der Waals surface area (Å²) in [6, 6.07) is 7.78. The van der Waals surface area contributed by atoms with Gasteiger partial charge < -0.3 is 19.7 Å². The van der Waals surface area contributed by atoms with E-state index in [0.717, 1.165) is 41.4 Å². The maximum Gasteiger partial charge on any atom is 0.134 e. The van der Waals surface area contributed by atoms with Crippen LogP contribution in [0, 0.1) is 6.92 Å². The molecule has 0 radical (unpaired) electrons. The van der Waals surface area contributed by atoms with Crippen LogP contribution in [0.5, 0.6) is 11.5 Å². The molecule has 0 fully saturated rings. The lowest BCUT2D eigenvalue weighted by Gasteiger charge is -2.15. The molecule has 21 heavy (non-hydrogen) atoms. The molecule has 2 N–H and O–H groups in total. The second-order valence-electron chi connectivity index (χ2n) is 5.06. The molecule has 0 aliphatic heterocycles. The van der Waals surface area contributed by atoms with Crippen LogP contribution in [-0.2, 0) is 13.0 Å². The molecule has 0 amide bonds. The SMILES string of the molecule is CCC(N)Cc1ccc(OC)cc1OCc1cc(C)on1. The van der Waals surface area contributed by atoms with Gasteiger partial charge in [-0.3, -0.25) is 0 Å². The standard InChI is InChI=1S/C16H22N2O3/c1-4-13(17)8-12-5-6-15(19-3)9-16(12)20-10-14-7-11(2)21-18-14/h5-7,9,13H,4,8,10,17H2,1-3H3. The summed E-state index contributed by atoms with van der Waals surface area (Å²) in [5.74, 6) is 2.31. The molecule has 1 aromatic heterocycles. The zero-order valence-electron chi connectivity index (χ0n) is 12.8. The second kappa shape index (κ2) is 7.13. The zero-order chi connectivity index (χ0) is 15.2. The van der Waals surface area contributed by atoms with Crippen LogP contribution in [0.2, 0.25) is 0 Å². The van der Waals surface area contributed by atoms with Crippen LogP contribution >= 0.6 is 0 Å². The van der Waals surface area contributed by atoms with Gasteiger partial charge in [0.1, 0.15) is 29.6 Å². The summed E-state index contributed by atoms with van der Waals surface area (Å²) < 4.78 is 16.2. The summed E-state index contributed by atoms with van der Waals surface area (Å²) in [6.45, 7) is 4.29. The lowest BCUT2D eigenvalue weighted by molar-refractivity contribution is 0.283. The predicted octanol–water partition coefficient (Wildman–Crippen LogP) is 2.85. The van der Waals surface area contributed by atoms with Crippen molar-refractivity contribution in [2.75, 3.05) is 7.11 Å². The number of rotatable bonds is 7. The minimum Gasteiger partial charge on any atom is -0.497 e. The van der Waals surface area contributed by atoms with Gasteiger partial charge in [-0.15, -0.1) is 0 Å². The average Bonchev–Trinajstić information content (AvgIpc) is 2.91. The minimum absolute atomic E-state index is 0.120. The van der Waals surface area contributed by atoms with Gasteiger partial charge in [0.2, 0.25) is 0 Å². The van der Waals surface area contributed by atoms with Crippen LogP contribution < -0.4 is 15.2 Å². The Kier molecular flexibility index (Phi) is 5.22. The van der Waals surface area contributed by atoms with Gasteiger partial charge in [0.25, 0.3) is 0 Å². The van der Waals surface area contributed by atoms with Gasteiger partial charge in [-0.2, -0.15) is 0 Å². The third-order valence-corrected chi connectivity index (χ3v) is 3.33. The van der Waals surface area contributed by atoms with Crippen molar-refractivity contribution in [3.8, 4) is 11.5 Å². The van der Waals surface area contributed by atoms with E-state index in [0.29, 0.717) is 6.61 Å². The fraction of sp³-hybridized carbons (Fsp3) is 0.438. The van der Waals surface area contributed by atoms with Crippen molar-refractivity contribution in [2.24, 2.45) is 5.73 Å². The number of nitrogens with two attached hydrogens (primary N) is 1. The summed E-state index contributed by atoms with van der Waals surface area (Å²) in [5.41, 5.74) is 7.88. The van der Waals surface area contributed by atoms with Crippen LogP contribution in [0.15, 0.2) is 28.8 Å². The molecule has 0 spiro atoms. The minimum atomic E-state index is 0.120. The Morgan fingerprint density at radius 2 is 2.14 bits per heavy atom. The van der Waals surface area contributed by atoms with Crippen LogP contribution in [0.3, 0.4) is 0 Å². The highest BCUT2D eigenvalue weighted by Crippen LogP contribution is 2.27. The molecule has 1 unspecified atom stereocenters. The van der Waals surface area contributed by atoms with E-state index in [1.807, 2.05) is 31.2 Å². The number of ether oxygens (including phenoxy) is 2. The van der Waals surface area contributed by atoms with E-state index in [1.165, 1.54) is 0 Å². The highest BCUT2D eigenvalue weighted by Gasteiger charge is 2.11. The Hall–Kier alpha value is -2.01. The van der Waals surface area contributed by atoms with Crippen molar-refractivity contribution in [3.63, 3.8) is 0 Å². The molecular weight excluding hydrogens is 268 g/mol. The molecule has 114 valence electrons. The molecule has 0 bridgehead atoms. The Balaban J connectivity index is 2.13. The fourth-order valence-electron chi connectivity index (χ4n) is 2.03. The van der Waals surface area contributed by atoms with Crippen molar-refractivity contribution in [2.45, 2.75) is 39.3 Å². The van der Waals surface area contributed by atoms with E-state index in [9.17, 15) is 0 Å². The first-order chi connectivity index (χ1) is 10.1. The van der Waals surface area contributed by atoms with Gasteiger partial charge in [0.15, 0.2) is 0 Å². The van der Waals surface area contributed by atoms with Crippen LogP contribution in [0.1, 0.15) is 30.4 Å². The molecule has 1 aromatic carbocycles. The van der Waals surface area contributed by atoms with E-state index >= 15 is 0 Å². The molecule has 0 saturated heterocycles. The van der Waals surface area contributed by atoms with Crippen molar-refractivity contribution in [1.29, 1.82) is 0 Å². The topological polar surface area (TPSA) is 70.5 Å².